The van der Waals surface area contributed by atoms with Crippen molar-refractivity contribution in [3.05, 3.63) is 59.7 Å². The first-order chi connectivity index (χ1) is 16.8. The zero-order valence-corrected chi connectivity index (χ0v) is 20.3. The molecule has 1 saturated carbocycles. The number of nitrogens with one attached hydrogen (secondary N) is 1. The molecular formula is C27H33N3O5. The molecule has 0 heterocycles. The highest BCUT2D eigenvalue weighted by molar-refractivity contribution is 5.82. The molecule has 2 aliphatic carbocycles. The smallest absolute Gasteiger partial charge is 0.407 e. The minimum atomic E-state index is -1.05. The molecule has 0 saturated heterocycles. The Labute approximate surface area is 205 Å². The second kappa shape index (κ2) is 10.9. The maximum Gasteiger partial charge on any atom is 0.407 e. The Bertz CT molecular complexity index is 1040. The first kappa shape index (κ1) is 24.7. The molecule has 0 radical (unpaired) electrons. The van der Waals surface area contributed by atoms with E-state index in [1.807, 2.05) is 43.3 Å². The minimum absolute atomic E-state index is 0.0359. The van der Waals surface area contributed by atoms with E-state index < -0.39 is 12.1 Å². The first-order valence-corrected chi connectivity index (χ1v) is 12.1. The van der Waals surface area contributed by atoms with Gasteiger partial charge in [-0.2, -0.15) is 0 Å². The number of carbonyl (C=O) groups is 3. The fourth-order valence-corrected chi connectivity index (χ4v) is 4.72. The number of fused-ring (bicyclic) bond motifs is 3. The number of benzene rings is 2. The number of nitrogens with zero attached hydrogens (tertiary/aromatic N) is 2. The molecule has 35 heavy (non-hydrogen) atoms. The number of amides is 2. The number of carbonyl (C=O) groups excluding carboxylic acids is 2. The van der Waals surface area contributed by atoms with E-state index in [1.54, 1.807) is 0 Å². The summed E-state index contributed by atoms with van der Waals surface area (Å²) >= 11 is 0. The third-order valence-electron chi connectivity index (χ3n) is 6.73. The van der Waals surface area contributed by atoms with Crippen molar-refractivity contribution in [3.63, 3.8) is 0 Å². The first-order valence-electron chi connectivity index (χ1n) is 12.1. The summed E-state index contributed by atoms with van der Waals surface area (Å²) < 4.78 is 5.66. The van der Waals surface area contributed by atoms with Gasteiger partial charge in [0.25, 0.3) is 0 Å². The molecule has 0 bridgehead atoms. The Balaban J connectivity index is 1.37. The van der Waals surface area contributed by atoms with Gasteiger partial charge in [0.15, 0.2) is 0 Å². The summed E-state index contributed by atoms with van der Waals surface area (Å²) in [5, 5.41) is 12.1. The highest BCUT2D eigenvalue weighted by atomic mass is 16.5. The van der Waals surface area contributed by atoms with E-state index in [1.165, 1.54) is 4.90 Å². The average molecular weight is 480 g/mol. The van der Waals surface area contributed by atoms with Crippen molar-refractivity contribution in [2.45, 2.75) is 31.2 Å². The molecule has 8 nitrogen and oxygen atoms in total. The van der Waals surface area contributed by atoms with Gasteiger partial charge in [-0.3, -0.25) is 9.59 Å². The summed E-state index contributed by atoms with van der Waals surface area (Å²) in [7, 11) is 3.74. The number of carboxylic acid groups (broad SMARTS) is 1. The van der Waals surface area contributed by atoms with E-state index in [0.717, 1.165) is 35.1 Å². The maximum absolute atomic E-state index is 12.9. The van der Waals surface area contributed by atoms with Crippen LogP contribution in [0.2, 0.25) is 0 Å². The lowest BCUT2D eigenvalue weighted by Crippen LogP contribution is -2.45. The van der Waals surface area contributed by atoms with Crippen molar-refractivity contribution in [2.24, 2.45) is 5.92 Å². The van der Waals surface area contributed by atoms with Crippen molar-refractivity contribution >= 4 is 18.0 Å². The van der Waals surface area contributed by atoms with Crippen molar-refractivity contribution in [2.75, 3.05) is 40.3 Å². The number of hydrogen-bond acceptors (Lipinski definition) is 5. The summed E-state index contributed by atoms with van der Waals surface area (Å²) in [6.07, 6.45) is 1.38. The fourth-order valence-electron chi connectivity index (χ4n) is 4.72. The molecule has 1 atom stereocenters. The summed E-state index contributed by atoms with van der Waals surface area (Å²) in [4.78, 5) is 40.2. The molecule has 8 heteroatoms. The number of likely N-dealkylation sites (N-methyl/N-ethyl adjacent to an activating group) is 1. The molecule has 1 unspecified atom stereocenters. The molecule has 0 aliphatic heterocycles. The Kier molecular flexibility index (Phi) is 7.70. The highest BCUT2D eigenvalue weighted by Crippen LogP contribution is 2.44. The number of ether oxygens (including phenoxy) is 1. The molecule has 2 amide bonds. The van der Waals surface area contributed by atoms with Crippen LogP contribution in [0.5, 0.6) is 0 Å². The van der Waals surface area contributed by atoms with E-state index in [9.17, 15) is 19.5 Å². The molecule has 0 aromatic heterocycles. The van der Waals surface area contributed by atoms with Crippen LogP contribution >= 0.6 is 0 Å². The predicted octanol–water partition coefficient (Wildman–Crippen LogP) is 3.17. The minimum Gasteiger partial charge on any atom is -0.480 e. The van der Waals surface area contributed by atoms with E-state index in [2.05, 4.69) is 29.6 Å². The molecule has 2 N–H and O–H groups in total. The Morgan fingerprint density at radius 1 is 1.00 bits per heavy atom. The van der Waals surface area contributed by atoms with Gasteiger partial charge in [-0.1, -0.05) is 48.5 Å². The second-order valence-electron chi connectivity index (χ2n) is 9.63. The third kappa shape index (κ3) is 6.19. The molecule has 2 aromatic carbocycles. The average Bonchev–Trinajstić information content (AvgIpc) is 3.62. The normalized spacial score (nSPS) is 15.3. The lowest BCUT2D eigenvalue weighted by Gasteiger charge is -2.25. The topological polar surface area (TPSA) is 99.2 Å². The molecule has 2 aliphatic rings. The third-order valence-corrected chi connectivity index (χ3v) is 6.73. The van der Waals surface area contributed by atoms with Crippen molar-refractivity contribution < 1.29 is 24.2 Å². The maximum atomic E-state index is 12.9. The Morgan fingerprint density at radius 2 is 1.60 bits per heavy atom. The number of rotatable bonds is 11. The van der Waals surface area contributed by atoms with Crippen LogP contribution in [0.3, 0.4) is 0 Å². The van der Waals surface area contributed by atoms with Gasteiger partial charge in [-0.05, 0) is 55.1 Å². The van der Waals surface area contributed by atoms with Gasteiger partial charge in [-0.15, -0.1) is 0 Å². The van der Waals surface area contributed by atoms with Gasteiger partial charge in [-0.25, -0.2) is 4.79 Å². The van der Waals surface area contributed by atoms with Gasteiger partial charge in [0.2, 0.25) is 5.91 Å². The van der Waals surface area contributed by atoms with E-state index in [-0.39, 0.29) is 43.4 Å². The van der Waals surface area contributed by atoms with E-state index in [0.29, 0.717) is 13.1 Å². The summed E-state index contributed by atoms with van der Waals surface area (Å²) in [6, 6.07) is 15.9. The Morgan fingerprint density at radius 3 is 2.14 bits per heavy atom. The van der Waals surface area contributed by atoms with Crippen LogP contribution < -0.4 is 5.32 Å². The largest absolute Gasteiger partial charge is 0.480 e. The molecule has 2 aromatic rings. The van der Waals surface area contributed by atoms with Gasteiger partial charge in [0, 0.05) is 31.5 Å². The van der Waals surface area contributed by atoms with Gasteiger partial charge in [0.05, 0.1) is 0 Å². The lowest BCUT2D eigenvalue weighted by molar-refractivity contribution is -0.144. The van der Waals surface area contributed by atoms with Crippen LogP contribution in [0.1, 0.15) is 36.3 Å². The van der Waals surface area contributed by atoms with Gasteiger partial charge < -0.3 is 25.0 Å². The zero-order valence-electron chi connectivity index (χ0n) is 20.3. The van der Waals surface area contributed by atoms with Crippen LogP contribution in [0.4, 0.5) is 4.79 Å². The number of hydrogen-bond donors (Lipinski definition) is 2. The summed E-state index contributed by atoms with van der Waals surface area (Å²) in [5.74, 6) is -1.15. The Hall–Kier alpha value is -3.39. The zero-order chi connectivity index (χ0) is 24.9. The van der Waals surface area contributed by atoms with Crippen LogP contribution in [-0.2, 0) is 14.3 Å². The standard InChI is InChI=1S/C27H33N3O5/c1-29(2)13-14-30(16-26(32)33)25(31)15-24(18-11-12-18)28-27(34)35-17-23-21-9-5-3-7-19(21)20-8-4-6-10-22(20)23/h3-10,18,23-24H,11-17H2,1-2H3,(H,28,34)(H,32,33). The predicted molar refractivity (Wildman–Crippen MR) is 132 cm³/mol. The fraction of sp³-hybridized carbons (Fsp3) is 0.444. The lowest BCUT2D eigenvalue weighted by atomic mass is 9.98. The van der Waals surface area contributed by atoms with E-state index >= 15 is 0 Å². The molecule has 186 valence electrons. The monoisotopic (exact) mass is 479 g/mol. The molecule has 1 fully saturated rings. The number of carboxylic acids is 1. The summed E-state index contributed by atoms with van der Waals surface area (Å²) in [5.41, 5.74) is 4.60. The highest BCUT2D eigenvalue weighted by Gasteiger charge is 2.36. The van der Waals surface area contributed by atoms with E-state index in [4.69, 9.17) is 4.74 Å². The van der Waals surface area contributed by atoms with Crippen LogP contribution in [0.15, 0.2) is 48.5 Å². The van der Waals surface area contributed by atoms with Crippen molar-refractivity contribution in [1.82, 2.24) is 15.1 Å². The number of aliphatic carboxylic acids is 1. The van der Waals surface area contributed by atoms with Crippen LogP contribution in [-0.4, -0.2) is 79.3 Å². The van der Waals surface area contributed by atoms with Crippen molar-refractivity contribution in [1.29, 1.82) is 0 Å². The molecular weight excluding hydrogens is 446 g/mol. The quantitative estimate of drug-likeness (QED) is 0.514. The second-order valence-corrected chi connectivity index (χ2v) is 9.63. The van der Waals surface area contributed by atoms with Crippen molar-refractivity contribution in [3.8, 4) is 11.1 Å². The van der Waals surface area contributed by atoms with Crippen LogP contribution in [0.25, 0.3) is 11.1 Å². The molecule has 4 rings (SSSR count). The number of alkyl carbamates (subject to hydrolysis) is 1. The van der Waals surface area contributed by atoms with Crippen LogP contribution in [0, 0.1) is 5.92 Å². The van der Waals surface area contributed by atoms with Gasteiger partial charge >= 0.3 is 12.1 Å². The summed E-state index contributed by atoms with van der Waals surface area (Å²) in [6.45, 7) is 0.738. The SMILES string of the molecule is CN(C)CCN(CC(=O)O)C(=O)CC(NC(=O)OCC1c2ccccc2-c2ccccc21)C1CC1. The molecule has 0 spiro atoms. The van der Waals surface area contributed by atoms with Gasteiger partial charge in [0.1, 0.15) is 13.2 Å².